The molecule has 0 saturated carbocycles. The van der Waals surface area contributed by atoms with Crippen LogP contribution in [0.25, 0.3) is 27.9 Å². The molecule has 0 amide bonds. The fourth-order valence-corrected chi connectivity index (χ4v) is 5.28. The van der Waals surface area contributed by atoms with Gasteiger partial charge in [-0.25, -0.2) is 9.97 Å². The molecule has 0 aliphatic carbocycles. The third kappa shape index (κ3) is 5.64. The highest BCUT2D eigenvalue weighted by Crippen LogP contribution is 2.33. The van der Waals surface area contributed by atoms with Crippen LogP contribution in [-0.2, 0) is 0 Å². The Hall–Kier alpha value is -4.23. The molecule has 4 aromatic heterocycles. The van der Waals surface area contributed by atoms with Gasteiger partial charge in [0, 0.05) is 41.7 Å². The van der Waals surface area contributed by atoms with Gasteiger partial charge in [0.2, 0.25) is 0 Å². The number of aromatic nitrogens is 5. The second-order valence-corrected chi connectivity index (χ2v) is 10.1. The van der Waals surface area contributed by atoms with Crippen LogP contribution in [0.5, 0.6) is 0 Å². The molecule has 1 aliphatic rings. The van der Waals surface area contributed by atoms with Gasteiger partial charge in [-0.1, -0.05) is 25.3 Å². The van der Waals surface area contributed by atoms with Crippen molar-refractivity contribution in [2.75, 3.05) is 25.5 Å². The zero-order valence-electron chi connectivity index (χ0n) is 23.1. The van der Waals surface area contributed by atoms with Crippen LogP contribution in [0.1, 0.15) is 48.8 Å². The van der Waals surface area contributed by atoms with Crippen LogP contribution < -0.4 is 10.6 Å². The van der Waals surface area contributed by atoms with E-state index in [1.54, 1.807) is 6.33 Å². The lowest BCUT2D eigenvalue weighted by molar-refractivity contribution is 0.374. The predicted octanol–water partition coefficient (Wildman–Crippen LogP) is 6.46. The fraction of sp³-hybridized carbons (Fsp3) is 0.281. The number of aryl methyl sites for hydroxylation is 1. The molecule has 1 fully saturated rings. The number of nitrogens with zero attached hydrogens (tertiary/aromatic N) is 4. The number of rotatable bonds is 9. The number of H-pyrrole nitrogens is 1. The van der Waals surface area contributed by atoms with Gasteiger partial charge in [0.05, 0.1) is 28.8 Å². The normalized spacial score (nSPS) is 15.1. The van der Waals surface area contributed by atoms with Crippen molar-refractivity contribution in [1.82, 2.24) is 29.8 Å². The molecule has 4 aromatic rings. The Kier molecular flexibility index (Phi) is 7.89. The Morgan fingerprint density at radius 3 is 2.72 bits per heavy atom. The summed E-state index contributed by atoms with van der Waals surface area (Å²) < 4.78 is 1.95. The van der Waals surface area contributed by atoms with Crippen LogP contribution in [0.2, 0.25) is 0 Å². The summed E-state index contributed by atoms with van der Waals surface area (Å²) in [6.07, 6.45) is 17.3. The van der Waals surface area contributed by atoms with E-state index in [9.17, 15) is 0 Å². The number of pyridine rings is 2. The molecule has 5 rings (SSSR count). The largest absolute Gasteiger partial charge is 0.386 e. The van der Waals surface area contributed by atoms with Crippen LogP contribution in [0, 0.1) is 12.8 Å². The molecule has 5 heterocycles. The Morgan fingerprint density at radius 1 is 1.21 bits per heavy atom. The van der Waals surface area contributed by atoms with E-state index in [1.165, 1.54) is 18.4 Å². The molecule has 1 saturated heterocycles. The van der Waals surface area contributed by atoms with Gasteiger partial charge in [0.25, 0.3) is 0 Å². The maximum atomic E-state index is 4.80. The van der Waals surface area contributed by atoms with Crippen molar-refractivity contribution in [2.45, 2.75) is 33.1 Å². The van der Waals surface area contributed by atoms with E-state index in [1.807, 2.05) is 49.3 Å². The van der Waals surface area contributed by atoms with E-state index in [0.717, 1.165) is 75.7 Å². The van der Waals surface area contributed by atoms with Crippen molar-refractivity contribution in [1.29, 1.82) is 0 Å². The van der Waals surface area contributed by atoms with Crippen molar-refractivity contribution in [2.24, 2.45) is 5.92 Å². The summed E-state index contributed by atoms with van der Waals surface area (Å²) in [6, 6.07) is 6.22. The minimum Gasteiger partial charge on any atom is -0.386 e. The minimum absolute atomic E-state index is 0.691. The van der Waals surface area contributed by atoms with Crippen LogP contribution in [0.15, 0.2) is 80.1 Å². The number of anilines is 1. The number of imidazole rings is 1. The Labute approximate surface area is 230 Å². The van der Waals surface area contributed by atoms with Crippen LogP contribution in [0.4, 0.5) is 5.69 Å². The molecule has 0 atom stereocenters. The summed E-state index contributed by atoms with van der Waals surface area (Å²) >= 11 is 0. The number of hydrogen-bond acceptors (Lipinski definition) is 5. The predicted molar refractivity (Wildman–Crippen MR) is 162 cm³/mol. The average Bonchev–Trinajstić information content (AvgIpc) is 3.61. The maximum Gasteiger partial charge on any atom is 0.147 e. The van der Waals surface area contributed by atoms with Gasteiger partial charge in [-0.3, -0.25) is 9.55 Å². The highest BCUT2D eigenvalue weighted by Gasteiger charge is 2.17. The summed E-state index contributed by atoms with van der Waals surface area (Å²) in [5, 5.41) is 7.76. The second kappa shape index (κ2) is 11.7. The van der Waals surface area contributed by atoms with Gasteiger partial charge in [-0.15, -0.1) is 0 Å². The fourth-order valence-electron chi connectivity index (χ4n) is 5.28. The van der Waals surface area contributed by atoms with E-state index in [-0.39, 0.29) is 0 Å². The summed E-state index contributed by atoms with van der Waals surface area (Å²) in [7, 11) is 1.91. The molecule has 3 N–H and O–H groups in total. The highest BCUT2D eigenvalue weighted by atomic mass is 15.1. The van der Waals surface area contributed by atoms with Crippen LogP contribution in [0.3, 0.4) is 0 Å². The molecule has 1 aliphatic heterocycles. The van der Waals surface area contributed by atoms with Crippen molar-refractivity contribution in [3.8, 4) is 5.82 Å². The molecule has 0 radical (unpaired) electrons. The lowest BCUT2D eigenvalue weighted by atomic mass is 9.89. The lowest BCUT2D eigenvalue weighted by Crippen LogP contribution is -2.27. The Bertz CT molecular complexity index is 1560. The second-order valence-electron chi connectivity index (χ2n) is 10.1. The first-order valence-electron chi connectivity index (χ1n) is 13.6. The van der Waals surface area contributed by atoms with Crippen LogP contribution >= 0.6 is 0 Å². The van der Waals surface area contributed by atoms with Crippen LogP contribution in [-0.4, -0.2) is 44.6 Å². The standard InChI is InChI=1S/C32H37N7/c1-6-23(14-24-8-11-34-12-9-24)15-25(7-2)30-16-26(31(33-5)18-36-30)22(4)29-17-27-28(38-29)10-13-35-32(27)39-19-21(3)37-20-39/h6-7,10,13,15-20,24,33-34,38H,1,4,8-9,11-12,14H2,2-3,5H3/b23-15+,25-7+. The number of nitrogens with one attached hydrogen (secondary N) is 3. The summed E-state index contributed by atoms with van der Waals surface area (Å²) in [4.78, 5) is 17.3. The number of allylic oxidation sites excluding steroid dienone is 5. The maximum absolute atomic E-state index is 4.80. The van der Waals surface area contributed by atoms with Crippen molar-refractivity contribution >= 4 is 27.7 Å². The number of hydrogen-bond donors (Lipinski definition) is 3. The van der Waals surface area contributed by atoms with Gasteiger partial charge < -0.3 is 15.6 Å². The van der Waals surface area contributed by atoms with E-state index >= 15 is 0 Å². The van der Waals surface area contributed by atoms with Gasteiger partial charge in [0.15, 0.2) is 0 Å². The molecule has 7 heteroatoms. The zero-order valence-corrected chi connectivity index (χ0v) is 23.1. The monoisotopic (exact) mass is 519 g/mol. The van der Waals surface area contributed by atoms with Crippen molar-refractivity contribution in [3.63, 3.8) is 0 Å². The smallest absolute Gasteiger partial charge is 0.147 e. The Balaban J connectivity index is 1.48. The topological polar surface area (TPSA) is 83.5 Å². The number of piperidine rings is 1. The summed E-state index contributed by atoms with van der Waals surface area (Å²) in [5.74, 6) is 1.52. The molecule has 0 bridgehead atoms. The van der Waals surface area contributed by atoms with E-state index in [4.69, 9.17) is 4.98 Å². The van der Waals surface area contributed by atoms with Crippen molar-refractivity contribution < 1.29 is 0 Å². The summed E-state index contributed by atoms with van der Waals surface area (Å²) in [6.45, 7) is 14.8. The molecule has 200 valence electrons. The Morgan fingerprint density at radius 2 is 2.03 bits per heavy atom. The third-order valence-electron chi connectivity index (χ3n) is 7.50. The average molecular weight is 520 g/mol. The first-order valence-corrected chi connectivity index (χ1v) is 13.6. The quantitative estimate of drug-likeness (QED) is 0.221. The van der Waals surface area contributed by atoms with Gasteiger partial charge in [0.1, 0.15) is 12.1 Å². The molecule has 0 aromatic carbocycles. The minimum atomic E-state index is 0.691. The number of aromatic amines is 1. The highest BCUT2D eigenvalue weighted by molar-refractivity contribution is 5.94. The zero-order chi connectivity index (χ0) is 27.4. The molecular weight excluding hydrogens is 482 g/mol. The van der Waals surface area contributed by atoms with E-state index in [2.05, 4.69) is 70.0 Å². The first-order chi connectivity index (χ1) is 19.0. The van der Waals surface area contributed by atoms with Gasteiger partial charge >= 0.3 is 0 Å². The van der Waals surface area contributed by atoms with Crippen molar-refractivity contribution in [3.05, 3.63) is 103 Å². The summed E-state index contributed by atoms with van der Waals surface area (Å²) in [5.41, 5.74) is 8.90. The molecular formula is C32H37N7. The van der Waals surface area contributed by atoms with Gasteiger partial charge in [-0.2, -0.15) is 0 Å². The van der Waals surface area contributed by atoms with E-state index in [0.29, 0.717) is 5.92 Å². The molecule has 7 nitrogen and oxygen atoms in total. The third-order valence-corrected chi connectivity index (χ3v) is 7.50. The SMILES string of the molecule is C=C/C(=C\C(=C/C)c1cc(C(=C)c2cc3c(-n4cnc(C)c4)nccc3[nH]2)c(NC)cn1)CC1CCNCC1. The first kappa shape index (κ1) is 26.4. The lowest BCUT2D eigenvalue weighted by Gasteiger charge is -2.23. The molecule has 0 spiro atoms. The molecule has 0 unspecified atom stereocenters. The molecule has 39 heavy (non-hydrogen) atoms. The van der Waals surface area contributed by atoms with Gasteiger partial charge in [-0.05, 0) is 87.5 Å². The number of fused-ring (bicyclic) bond motifs is 1. The van der Waals surface area contributed by atoms with E-state index < -0.39 is 0 Å².